The fourth-order valence-electron chi connectivity index (χ4n) is 3.00. The van der Waals surface area contributed by atoms with Gasteiger partial charge in [0.2, 0.25) is 5.91 Å². The van der Waals surface area contributed by atoms with Crippen LogP contribution >= 0.6 is 0 Å². The Labute approximate surface area is 138 Å². The molecule has 6 nitrogen and oxygen atoms in total. The number of aliphatic hydroxyl groups excluding tert-OH is 1. The second kappa shape index (κ2) is 6.72. The van der Waals surface area contributed by atoms with E-state index in [1.807, 2.05) is 0 Å². The predicted octanol–water partition coefficient (Wildman–Crippen LogP) is 1.19. The number of rotatable bonds is 3. The summed E-state index contributed by atoms with van der Waals surface area (Å²) in [5.74, 6) is -2.14. The molecule has 8 heteroatoms. The average molecular weight is 339 g/mol. The van der Waals surface area contributed by atoms with Gasteiger partial charge < -0.3 is 14.9 Å². The number of halogens is 2. The van der Waals surface area contributed by atoms with Crippen LogP contribution in [0.5, 0.6) is 0 Å². The number of carbonyl (C=O) groups is 2. The van der Waals surface area contributed by atoms with Gasteiger partial charge in [0.25, 0.3) is 0 Å². The molecule has 0 spiro atoms. The summed E-state index contributed by atoms with van der Waals surface area (Å²) in [6.07, 6.45) is 0.716. The number of aliphatic hydroxyl groups is 1. The molecule has 0 radical (unpaired) electrons. The normalized spacial score (nSPS) is 19.3. The summed E-state index contributed by atoms with van der Waals surface area (Å²) in [6.45, 7) is 1.58. The summed E-state index contributed by atoms with van der Waals surface area (Å²) in [5.41, 5.74) is 0.273. The van der Waals surface area contributed by atoms with Crippen LogP contribution in [0.1, 0.15) is 12.8 Å². The van der Waals surface area contributed by atoms with Crippen molar-refractivity contribution in [1.82, 2.24) is 9.80 Å². The van der Waals surface area contributed by atoms with Gasteiger partial charge in [0.05, 0.1) is 6.10 Å². The molecule has 2 heterocycles. The van der Waals surface area contributed by atoms with E-state index < -0.39 is 17.7 Å². The quantitative estimate of drug-likeness (QED) is 0.900. The second-order valence-corrected chi connectivity index (χ2v) is 6.07. The van der Waals surface area contributed by atoms with Crippen LogP contribution in [0.25, 0.3) is 0 Å². The number of benzene rings is 1. The number of anilines is 1. The van der Waals surface area contributed by atoms with Gasteiger partial charge in [0, 0.05) is 37.9 Å². The molecule has 0 unspecified atom stereocenters. The van der Waals surface area contributed by atoms with Crippen molar-refractivity contribution >= 4 is 17.6 Å². The number of hydrogen-bond acceptors (Lipinski definition) is 3. The molecule has 0 atom stereocenters. The summed E-state index contributed by atoms with van der Waals surface area (Å²) >= 11 is 0. The minimum atomic E-state index is -1.01. The molecule has 2 aliphatic rings. The lowest BCUT2D eigenvalue weighted by Crippen LogP contribution is -2.46. The monoisotopic (exact) mass is 339 g/mol. The molecule has 2 aliphatic heterocycles. The second-order valence-electron chi connectivity index (χ2n) is 6.07. The van der Waals surface area contributed by atoms with Gasteiger partial charge in [-0.05, 0) is 25.0 Å². The SMILES string of the molecule is O=C(CN1CCN(c2ccc(F)c(F)c2)C1=O)N1CCC(O)CC1. The molecule has 3 amide bonds. The molecular weight excluding hydrogens is 320 g/mol. The van der Waals surface area contributed by atoms with Crippen molar-refractivity contribution in [3.8, 4) is 0 Å². The van der Waals surface area contributed by atoms with Gasteiger partial charge in [0.15, 0.2) is 11.6 Å². The number of piperidine rings is 1. The molecule has 2 fully saturated rings. The van der Waals surface area contributed by atoms with Gasteiger partial charge in [-0.25, -0.2) is 13.6 Å². The molecule has 1 N–H and O–H groups in total. The van der Waals surface area contributed by atoms with E-state index in [-0.39, 0.29) is 24.2 Å². The number of amides is 3. The first-order valence-corrected chi connectivity index (χ1v) is 7.93. The summed E-state index contributed by atoms with van der Waals surface area (Å²) in [6, 6.07) is 2.90. The number of carbonyl (C=O) groups excluding carboxylic acids is 2. The summed E-state index contributed by atoms with van der Waals surface area (Å²) in [4.78, 5) is 29.0. The molecule has 2 saturated heterocycles. The van der Waals surface area contributed by atoms with E-state index >= 15 is 0 Å². The van der Waals surface area contributed by atoms with Crippen LogP contribution in [0.3, 0.4) is 0 Å². The third-order valence-corrected chi connectivity index (χ3v) is 4.45. The molecule has 0 aromatic heterocycles. The van der Waals surface area contributed by atoms with Crippen molar-refractivity contribution in [2.45, 2.75) is 18.9 Å². The Balaban J connectivity index is 1.61. The van der Waals surface area contributed by atoms with Crippen LogP contribution in [0.4, 0.5) is 19.3 Å². The van der Waals surface area contributed by atoms with E-state index in [4.69, 9.17) is 0 Å². The molecular formula is C16H19F2N3O3. The van der Waals surface area contributed by atoms with Gasteiger partial charge in [-0.1, -0.05) is 0 Å². The summed E-state index contributed by atoms with van der Waals surface area (Å²) < 4.78 is 26.3. The Kier molecular flexibility index (Phi) is 4.66. The lowest BCUT2D eigenvalue weighted by Gasteiger charge is -2.30. The van der Waals surface area contributed by atoms with Crippen molar-refractivity contribution in [3.63, 3.8) is 0 Å². The Hall–Kier alpha value is -2.22. The summed E-state index contributed by atoms with van der Waals surface area (Å²) in [7, 11) is 0. The fourth-order valence-corrected chi connectivity index (χ4v) is 3.00. The maximum atomic E-state index is 13.3. The van der Waals surface area contributed by atoms with E-state index in [1.54, 1.807) is 4.90 Å². The van der Waals surface area contributed by atoms with E-state index in [0.29, 0.717) is 39.0 Å². The van der Waals surface area contributed by atoms with Crippen LogP contribution in [0.15, 0.2) is 18.2 Å². The highest BCUT2D eigenvalue weighted by molar-refractivity contribution is 5.96. The Morgan fingerprint density at radius 3 is 2.50 bits per heavy atom. The van der Waals surface area contributed by atoms with Crippen LogP contribution in [-0.2, 0) is 4.79 Å². The van der Waals surface area contributed by atoms with Crippen LogP contribution in [0.2, 0.25) is 0 Å². The number of nitrogens with zero attached hydrogens (tertiary/aromatic N) is 3. The standard InChI is InChI=1S/C16H19F2N3O3/c17-13-2-1-11(9-14(13)18)21-8-7-20(16(21)24)10-15(23)19-5-3-12(22)4-6-19/h1-2,9,12,22H,3-8,10H2. The zero-order valence-electron chi connectivity index (χ0n) is 13.1. The highest BCUT2D eigenvalue weighted by Crippen LogP contribution is 2.22. The minimum Gasteiger partial charge on any atom is -0.393 e. The van der Waals surface area contributed by atoms with Crippen molar-refractivity contribution in [2.24, 2.45) is 0 Å². The van der Waals surface area contributed by atoms with E-state index in [0.717, 1.165) is 12.1 Å². The van der Waals surface area contributed by atoms with Crippen LogP contribution < -0.4 is 4.90 Å². The molecule has 1 aromatic carbocycles. The van der Waals surface area contributed by atoms with Crippen LogP contribution in [-0.4, -0.2) is 65.7 Å². The Morgan fingerprint density at radius 2 is 1.83 bits per heavy atom. The maximum absolute atomic E-state index is 13.3. The van der Waals surface area contributed by atoms with Gasteiger partial charge in [-0.3, -0.25) is 9.69 Å². The lowest BCUT2D eigenvalue weighted by atomic mass is 10.1. The number of hydrogen-bond donors (Lipinski definition) is 1. The first-order chi connectivity index (χ1) is 11.5. The first kappa shape index (κ1) is 16.6. The maximum Gasteiger partial charge on any atom is 0.325 e. The zero-order valence-corrected chi connectivity index (χ0v) is 13.1. The van der Waals surface area contributed by atoms with E-state index in [2.05, 4.69) is 0 Å². The van der Waals surface area contributed by atoms with Crippen molar-refractivity contribution in [3.05, 3.63) is 29.8 Å². The van der Waals surface area contributed by atoms with Crippen molar-refractivity contribution < 1.29 is 23.5 Å². The zero-order chi connectivity index (χ0) is 17.3. The number of urea groups is 1. The fraction of sp³-hybridized carbons (Fsp3) is 0.500. The minimum absolute atomic E-state index is 0.0465. The molecule has 0 bridgehead atoms. The average Bonchev–Trinajstić information content (AvgIpc) is 2.91. The molecule has 0 saturated carbocycles. The topological polar surface area (TPSA) is 64.1 Å². The molecule has 1 aromatic rings. The van der Waals surface area contributed by atoms with Gasteiger partial charge in [0.1, 0.15) is 6.54 Å². The molecule has 0 aliphatic carbocycles. The smallest absolute Gasteiger partial charge is 0.325 e. The van der Waals surface area contributed by atoms with Crippen LogP contribution in [0, 0.1) is 11.6 Å². The first-order valence-electron chi connectivity index (χ1n) is 7.93. The Bertz CT molecular complexity index is 647. The largest absolute Gasteiger partial charge is 0.393 e. The van der Waals surface area contributed by atoms with E-state index in [1.165, 1.54) is 15.9 Å². The third-order valence-electron chi connectivity index (χ3n) is 4.45. The molecule has 24 heavy (non-hydrogen) atoms. The highest BCUT2D eigenvalue weighted by Gasteiger charge is 2.33. The van der Waals surface area contributed by atoms with Gasteiger partial charge in [-0.2, -0.15) is 0 Å². The van der Waals surface area contributed by atoms with Gasteiger partial charge >= 0.3 is 6.03 Å². The third kappa shape index (κ3) is 3.33. The molecule has 130 valence electrons. The summed E-state index contributed by atoms with van der Waals surface area (Å²) in [5, 5.41) is 9.47. The molecule has 3 rings (SSSR count). The predicted molar refractivity (Wildman–Crippen MR) is 82.5 cm³/mol. The van der Waals surface area contributed by atoms with Crippen molar-refractivity contribution in [2.75, 3.05) is 37.6 Å². The number of likely N-dealkylation sites (tertiary alicyclic amines) is 1. The van der Waals surface area contributed by atoms with Gasteiger partial charge in [-0.15, -0.1) is 0 Å². The Morgan fingerprint density at radius 1 is 1.12 bits per heavy atom. The van der Waals surface area contributed by atoms with E-state index in [9.17, 15) is 23.5 Å². The highest BCUT2D eigenvalue weighted by atomic mass is 19.2. The van der Waals surface area contributed by atoms with Crippen molar-refractivity contribution in [1.29, 1.82) is 0 Å². The lowest BCUT2D eigenvalue weighted by molar-refractivity contribution is -0.133.